The molecule has 0 fully saturated rings. The molecule has 0 spiro atoms. The van der Waals surface area contributed by atoms with E-state index in [0.29, 0.717) is 0 Å². The predicted molar refractivity (Wildman–Crippen MR) is 59.7 cm³/mol. The summed E-state index contributed by atoms with van der Waals surface area (Å²) < 4.78 is 0. The first-order chi connectivity index (χ1) is 5.31. The lowest BCUT2D eigenvalue weighted by Gasteiger charge is -1.98. The molecule has 64 valence electrons. The maximum atomic E-state index is 3.97. The maximum absolute atomic E-state index is 3.97. The second-order valence-electron chi connectivity index (χ2n) is 2.35. The Labute approximate surface area is 86.0 Å². The van der Waals surface area contributed by atoms with E-state index in [1.165, 1.54) is 5.57 Å². The minimum absolute atomic E-state index is 0.956. The quantitative estimate of drug-likeness (QED) is 0.509. The van der Waals surface area contributed by atoms with Crippen molar-refractivity contribution in [1.29, 1.82) is 0 Å². The van der Waals surface area contributed by atoms with Crippen molar-refractivity contribution >= 4 is 31.9 Å². The molecule has 0 rings (SSSR count). The van der Waals surface area contributed by atoms with Gasteiger partial charge in [-0.3, -0.25) is 0 Å². The van der Waals surface area contributed by atoms with Gasteiger partial charge in [-0.1, -0.05) is 56.2 Å². The van der Waals surface area contributed by atoms with E-state index in [0.717, 1.165) is 29.9 Å². The highest BCUT2D eigenvalue weighted by molar-refractivity contribution is 9.09. The van der Waals surface area contributed by atoms with Gasteiger partial charge >= 0.3 is 0 Å². The molecule has 0 aromatic heterocycles. The Bertz CT molecular complexity index is 128. The third-order valence-electron chi connectivity index (χ3n) is 1.37. The first kappa shape index (κ1) is 11.4. The lowest BCUT2D eigenvalue weighted by molar-refractivity contribution is 0.922. The normalized spacial score (nSPS) is 10.7. The van der Waals surface area contributed by atoms with E-state index in [1.807, 2.05) is 0 Å². The highest BCUT2D eigenvalue weighted by Crippen LogP contribution is 2.08. The Kier molecular flexibility index (Phi) is 8.88. The van der Waals surface area contributed by atoms with Crippen LogP contribution in [0.15, 0.2) is 24.3 Å². The van der Waals surface area contributed by atoms with Crippen molar-refractivity contribution in [1.82, 2.24) is 0 Å². The molecule has 0 atom stereocenters. The molecule has 0 aliphatic heterocycles. The van der Waals surface area contributed by atoms with Crippen molar-refractivity contribution in [3.05, 3.63) is 24.3 Å². The van der Waals surface area contributed by atoms with Crippen LogP contribution in [0.3, 0.4) is 0 Å². The molecule has 0 saturated heterocycles. The molecule has 0 amide bonds. The van der Waals surface area contributed by atoms with Gasteiger partial charge in [-0.2, -0.15) is 0 Å². The second-order valence-corrected chi connectivity index (χ2v) is 3.79. The topological polar surface area (TPSA) is 0 Å². The van der Waals surface area contributed by atoms with Gasteiger partial charge in [0.05, 0.1) is 0 Å². The lowest BCUT2D eigenvalue weighted by Crippen LogP contribution is -1.81. The van der Waals surface area contributed by atoms with E-state index in [4.69, 9.17) is 0 Å². The molecule has 0 heterocycles. The molecule has 0 unspecified atom stereocenters. The summed E-state index contributed by atoms with van der Waals surface area (Å²) in [6.45, 7) is 3.97. The predicted octanol–water partition coefficient (Wildman–Crippen LogP) is 4.06. The largest absolute Gasteiger partial charge is 0.0998 e. The van der Waals surface area contributed by atoms with Crippen molar-refractivity contribution in [3.8, 4) is 0 Å². The SMILES string of the molecule is C=C(CCBr)CC/C=C\CBr. The number of alkyl halides is 2. The molecular formula is C9H14Br2. The molecule has 0 aromatic carbocycles. The smallest absolute Gasteiger partial charge is 0.0212 e. The third kappa shape index (κ3) is 8.35. The minimum atomic E-state index is 0.956. The highest BCUT2D eigenvalue weighted by atomic mass is 79.9. The van der Waals surface area contributed by atoms with Gasteiger partial charge in [-0.05, 0) is 19.3 Å². The van der Waals surface area contributed by atoms with E-state index in [-0.39, 0.29) is 0 Å². The first-order valence-corrected chi connectivity index (χ1v) is 5.99. The van der Waals surface area contributed by atoms with Crippen LogP contribution < -0.4 is 0 Å². The third-order valence-corrected chi connectivity index (χ3v) is 2.14. The van der Waals surface area contributed by atoms with Gasteiger partial charge in [0.15, 0.2) is 0 Å². The Hall–Kier alpha value is 0.440. The molecule has 0 bridgehead atoms. The fourth-order valence-corrected chi connectivity index (χ4v) is 1.55. The van der Waals surface area contributed by atoms with Gasteiger partial charge in [0.25, 0.3) is 0 Å². The molecular weight excluding hydrogens is 268 g/mol. The van der Waals surface area contributed by atoms with Crippen LogP contribution in [0.25, 0.3) is 0 Å². The molecule has 0 saturated carbocycles. The fourth-order valence-electron chi connectivity index (χ4n) is 0.727. The van der Waals surface area contributed by atoms with Crippen molar-refractivity contribution in [2.24, 2.45) is 0 Å². The van der Waals surface area contributed by atoms with E-state index in [2.05, 4.69) is 50.6 Å². The molecule has 2 heteroatoms. The minimum Gasteiger partial charge on any atom is -0.0998 e. The average molecular weight is 282 g/mol. The number of hydrogen-bond donors (Lipinski definition) is 0. The lowest BCUT2D eigenvalue weighted by atomic mass is 10.1. The van der Waals surface area contributed by atoms with E-state index in [1.54, 1.807) is 0 Å². The zero-order chi connectivity index (χ0) is 8.53. The molecule has 0 aromatic rings. The fraction of sp³-hybridized carbons (Fsp3) is 0.556. The molecule has 0 aliphatic carbocycles. The van der Waals surface area contributed by atoms with Gasteiger partial charge in [-0.25, -0.2) is 0 Å². The second kappa shape index (κ2) is 8.54. The molecule has 0 N–H and O–H groups in total. The van der Waals surface area contributed by atoms with Gasteiger partial charge in [-0.15, -0.1) is 0 Å². The van der Waals surface area contributed by atoms with Gasteiger partial charge < -0.3 is 0 Å². The molecule has 0 nitrogen and oxygen atoms in total. The van der Waals surface area contributed by atoms with Crippen molar-refractivity contribution in [2.75, 3.05) is 10.7 Å². The summed E-state index contributed by atoms with van der Waals surface area (Å²) >= 11 is 6.72. The van der Waals surface area contributed by atoms with Crippen LogP contribution in [-0.2, 0) is 0 Å². The summed E-state index contributed by atoms with van der Waals surface area (Å²) in [6.07, 6.45) is 7.66. The monoisotopic (exact) mass is 280 g/mol. The van der Waals surface area contributed by atoms with Crippen LogP contribution in [0.2, 0.25) is 0 Å². The number of hydrogen-bond acceptors (Lipinski definition) is 0. The van der Waals surface area contributed by atoms with Crippen LogP contribution in [0.4, 0.5) is 0 Å². The maximum Gasteiger partial charge on any atom is 0.0212 e. The van der Waals surface area contributed by atoms with Crippen LogP contribution in [-0.4, -0.2) is 10.7 Å². The Morgan fingerprint density at radius 1 is 1.18 bits per heavy atom. The Morgan fingerprint density at radius 2 is 1.91 bits per heavy atom. The summed E-state index contributed by atoms with van der Waals surface area (Å²) in [4.78, 5) is 0. The van der Waals surface area contributed by atoms with Crippen molar-refractivity contribution in [3.63, 3.8) is 0 Å². The standard InChI is InChI=1S/C9H14Br2/c1-9(6-8-11)5-3-2-4-7-10/h2,4H,1,3,5-8H2/b4-2-. The summed E-state index contributed by atoms with van der Waals surface area (Å²) in [5, 5.41) is 1.99. The van der Waals surface area contributed by atoms with E-state index >= 15 is 0 Å². The Balaban J connectivity index is 3.24. The van der Waals surface area contributed by atoms with E-state index < -0.39 is 0 Å². The van der Waals surface area contributed by atoms with Crippen LogP contribution in [0.1, 0.15) is 19.3 Å². The zero-order valence-electron chi connectivity index (χ0n) is 6.65. The zero-order valence-corrected chi connectivity index (χ0v) is 9.83. The van der Waals surface area contributed by atoms with Gasteiger partial charge in [0.2, 0.25) is 0 Å². The molecule has 0 aliphatic rings. The van der Waals surface area contributed by atoms with Crippen molar-refractivity contribution in [2.45, 2.75) is 19.3 Å². The van der Waals surface area contributed by atoms with Gasteiger partial charge in [0, 0.05) is 10.7 Å². The number of rotatable bonds is 6. The van der Waals surface area contributed by atoms with E-state index in [9.17, 15) is 0 Å². The summed E-state index contributed by atoms with van der Waals surface area (Å²) in [7, 11) is 0. The number of halogens is 2. The van der Waals surface area contributed by atoms with Crippen molar-refractivity contribution < 1.29 is 0 Å². The highest BCUT2D eigenvalue weighted by Gasteiger charge is 1.90. The van der Waals surface area contributed by atoms with Crippen LogP contribution in [0.5, 0.6) is 0 Å². The summed E-state index contributed by atoms with van der Waals surface area (Å²) in [5.41, 5.74) is 1.33. The average Bonchev–Trinajstić information content (AvgIpc) is 1.99. The van der Waals surface area contributed by atoms with Crippen LogP contribution >= 0.6 is 31.9 Å². The summed E-state index contributed by atoms with van der Waals surface area (Å²) in [5.74, 6) is 0. The molecule has 11 heavy (non-hydrogen) atoms. The molecule has 0 radical (unpaired) electrons. The Morgan fingerprint density at radius 3 is 2.45 bits per heavy atom. The first-order valence-electron chi connectivity index (χ1n) is 3.75. The summed E-state index contributed by atoms with van der Waals surface area (Å²) in [6, 6.07) is 0. The van der Waals surface area contributed by atoms with Gasteiger partial charge in [0.1, 0.15) is 0 Å². The number of allylic oxidation sites excluding steroid dienone is 3. The van der Waals surface area contributed by atoms with Crippen LogP contribution in [0, 0.1) is 0 Å².